The van der Waals surface area contributed by atoms with E-state index in [1.807, 2.05) is 6.07 Å². The van der Waals surface area contributed by atoms with Crippen LogP contribution >= 0.6 is 11.3 Å². The predicted molar refractivity (Wildman–Crippen MR) is 198 cm³/mol. The van der Waals surface area contributed by atoms with Gasteiger partial charge in [-0.3, -0.25) is 0 Å². The molecule has 0 aliphatic carbocycles. The number of hydrogen-bond donors (Lipinski definition) is 2. The van der Waals surface area contributed by atoms with Crippen LogP contribution in [-0.2, 0) is 0 Å². The number of hydrogen-bond acceptors (Lipinski definition) is 3. The first-order valence-corrected chi connectivity index (χ1v) is 16.6. The quantitative estimate of drug-likeness (QED) is 0.206. The molecule has 0 radical (unpaired) electrons. The molecule has 4 nitrogen and oxygen atoms in total. The maximum Gasteiger partial charge on any atom is 0.0737 e. The van der Waals surface area contributed by atoms with Crippen LogP contribution in [0.25, 0.3) is 90.9 Å². The van der Waals surface area contributed by atoms with Crippen LogP contribution in [0.1, 0.15) is 22.8 Å². The van der Waals surface area contributed by atoms with E-state index in [-0.39, 0.29) is 0 Å². The highest BCUT2D eigenvalue weighted by atomic mass is 32.1. The second-order valence-electron chi connectivity index (χ2n) is 11.7. The van der Waals surface area contributed by atoms with Crippen molar-refractivity contribution in [3.05, 3.63) is 155 Å². The summed E-state index contributed by atoms with van der Waals surface area (Å²) in [4.78, 5) is 17.9. The van der Waals surface area contributed by atoms with Crippen LogP contribution in [0.15, 0.2) is 132 Å². The second kappa shape index (κ2) is 11.4. The number of rotatable bonds is 4. The van der Waals surface area contributed by atoms with Crippen molar-refractivity contribution in [3.63, 3.8) is 0 Å². The Kier molecular flexibility index (Phi) is 6.61. The summed E-state index contributed by atoms with van der Waals surface area (Å²) in [5.74, 6) is 0. The Balaban J connectivity index is 1.40. The van der Waals surface area contributed by atoms with E-state index in [2.05, 4.69) is 160 Å². The summed E-state index contributed by atoms with van der Waals surface area (Å²) < 4.78 is 0. The van der Waals surface area contributed by atoms with Crippen molar-refractivity contribution in [3.8, 4) is 44.5 Å². The van der Waals surface area contributed by atoms with Gasteiger partial charge in [-0.15, -0.1) is 0 Å². The summed E-state index contributed by atoms with van der Waals surface area (Å²) in [6.07, 6.45) is 8.48. The molecule has 0 atom stereocenters. The van der Waals surface area contributed by atoms with Crippen molar-refractivity contribution in [2.75, 3.05) is 0 Å². The minimum Gasteiger partial charge on any atom is -0.355 e. The molecule has 2 aliphatic rings. The Labute approximate surface area is 276 Å². The highest BCUT2D eigenvalue weighted by Crippen LogP contribution is 2.37. The highest BCUT2D eigenvalue weighted by molar-refractivity contribution is 7.08. The molecule has 0 saturated carbocycles. The van der Waals surface area contributed by atoms with Crippen molar-refractivity contribution >= 4 is 57.7 Å². The molecular formula is C42H28N4S. The standard InChI is InChI=1S/C42H28N4S/c1-3-8-27(9-4-1)40-34-16-14-32(43-34)25-33-15-17-35(44-33)42(30-13-7-12-29(24-30)31-22-23-47-26-31)39-21-20-38(46-39)41(28-10-5-2-6-11-28)37-19-18-36(40)45-37/h1-26,43,46H. The molecule has 9 rings (SSSR count). The van der Waals surface area contributed by atoms with E-state index < -0.39 is 0 Å². The zero-order chi connectivity index (χ0) is 31.2. The lowest BCUT2D eigenvalue weighted by Crippen LogP contribution is -1.88. The Morgan fingerprint density at radius 2 is 1.00 bits per heavy atom. The van der Waals surface area contributed by atoms with Crippen LogP contribution in [0.3, 0.4) is 0 Å². The normalized spacial score (nSPS) is 12.1. The molecule has 2 N–H and O–H groups in total. The Bertz CT molecular complexity index is 2500. The number of aromatic amines is 2. The molecule has 7 aromatic rings. The largest absolute Gasteiger partial charge is 0.355 e. The van der Waals surface area contributed by atoms with Gasteiger partial charge in [-0.25, -0.2) is 9.97 Å². The van der Waals surface area contributed by atoms with E-state index in [0.717, 1.165) is 78.2 Å². The smallest absolute Gasteiger partial charge is 0.0737 e. The number of nitrogens with zero attached hydrogens (tertiary/aromatic N) is 2. The highest BCUT2D eigenvalue weighted by Gasteiger charge is 2.17. The minimum atomic E-state index is 0.894. The molecule has 2 aliphatic heterocycles. The first-order chi connectivity index (χ1) is 23.3. The molecule has 222 valence electrons. The average molecular weight is 621 g/mol. The molecule has 0 spiro atoms. The van der Waals surface area contributed by atoms with Gasteiger partial charge in [0.05, 0.1) is 22.8 Å². The summed E-state index contributed by atoms with van der Waals surface area (Å²) in [5, 5.41) is 4.31. The molecule has 0 unspecified atom stereocenters. The van der Waals surface area contributed by atoms with Gasteiger partial charge in [0.1, 0.15) is 0 Å². The summed E-state index contributed by atoms with van der Waals surface area (Å²) in [6, 6.07) is 42.6. The van der Waals surface area contributed by atoms with Gasteiger partial charge < -0.3 is 9.97 Å². The van der Waals surface area contributed by atoms with Gasteiger partial charge in [-0.05, 0) is 105 Å². The number of H-pyrrole nitrogens is 2. The first kappa shape index (κ1) is 27.3. The van der Waals surface area contributed by atoms with Crippen molar-refractivity contribution < 1.29 is 0 Å². The third-order valence-corrected chi connectivity index (χ3v) is 9.39. The van der Waals surface area contributed by atoms with E-state index in [1.165, 1.54) is 11.1 Å². The van der Waals surface area contributed by atoms with Gasteiger partial charge in [-0.2, -0.15) is 11.3 Å². The third-order valence-electron chi connectivity index (χ3n) is 8.71. The minimum absolute atomic E-state index is 0.894. The maximum absolute atomic E-state index is 5.31. The van der Waals surface area contributed by atoms with Crippen LogP contribution in [-0.4, -0.2) is 19.9 Å². The van der Waals surface area contributed by atoms with Gasteiger partial charge in [0.15, 0.2) is 0 Å². The van der Waals surface area contributed by atoms with Crippen LogP contribution in [0.5, 0.6) is 0 Å². The fourth-order valence-corrected chi connectivity index (χ4v) is 7.21. The van der Waals surface area contributed by atoms with Crippen molar-refractivity contribution in [2.24, 2.45) is 0 Å². The maximum atomic E-state index is 5.31. The SMILES string of the molecule is C1=Cc2nc1cc1ccc([nH]1)c(-c1ccccc1)c1nc(c(-c3ccccc3)c3ccc([nH]3)c2-c2cccc(-c3ccsc3)c2)C=C1. The molecular weight excluding hydrogens is 593 g/mol. The zero-order valence-corrected chi connectivity index (χ0v) is 26.1. The molecule has 0 fully saturated rings. The fourth-order valence-electron chi connectivity index (χ4n) is 6.54. The van der Waals surface area contributed by atoms with Crippen molar-refractivity contribution in [2.45, 2.75) is 0 Å². The number of nitrogens with one attached hydrogen (secondary N) is 2. The second-order valence-corrected chi connectivity index (χ2v) is 12.5. The molecule has 6 heterocycles. The lowest BCUT2D eigenvalue weighted by atomic mass is 9.99. The van der Waals surface area contributed by atoms with Crippen molar-refractivity contribution in [1.29, 1.82) is 0 Å². The Morgan fingerprint density at radius 3 is 1.68 bits per heavy atom. The van der Waals surface area contributed by atoms with Crippen LogP contribution < -0.4 is 0 Å². The lowest BCUT2D eigenvalue weighted by molar-refractivity contribution is 1.31. The molecule has 8 bridgehead atoms. The molecule has 5 heteroatoms. The van der Waals surface area contributed by atoms with Crippen LogP contribution in [0.2, 0.25) is 0 Å². The van der Waals surface area contributed by atoms with Crippen LogP contribution in [0, 0.1) is 0 Å². The first-order valence-electron chi connectivity index (χ1n) is 15.6. The fraction of sp³-hybridized carbons (Fsp3) is 0. The Hall–Kier alpha value is -6.04. The predicted octanol–water partition coefficient (Wildman–Crippen LogP) is 11.4. The van der Waals surface area contributed by atoms with E-state index in [0.29, 0.717) is 0 Å². The van der Waals surface area contributed by atoms with Crippen LogP contribution in [0.4, 0.5) is 0 Å². The summed E-state index contributed by atoms with van der Waals surface area (Å²) in [6.45, 7) is 0. The number of fused-ring (bicyclic) bond motifs is 8. The number of thiophene rings is 1. The lowest BCUT2D eigenvalue weighted by Gasteiger charge is -2.07. The van der Waals surface area contributed by atoms with Gasteiger partial charge in [0, 0.05) is 38.8 Å². The molecule has 3 aromatic carbocycles. The summed E-state index contributed by atoms with van der Waals surface area (Å²) in [5.41, 5.74) is 16.5. The van der Waals surface area contributed by atoms with E-state index in [1.54, 1.807) is 11.3 Å². The average Bonchev–Trinajstić information content (AvgIpc) is 3.96. The molecule has 4 aromatic heterocycles. The number of benzene rings is 3. The summed E-state index contributed by atoms with van der Waals surface area (Å²) >= 11 is 1.71. The summed E-state index contributed by atoms with van der Waals surface area (Å²) in [7, 11) is 0. The number of aromatic nitrogens is 4. The van der Waals surface area contributed by atoms with Gasteiger partial charge in [-0.1, -0.05) is 78.9 Å². The Morgan fingerprint density at radius 1 is 0.426 bits per heavy atom. The monoisotopic (exact) mass is 620 g/mol. The zero-order valence-electron chi connectivity index (χ0n) is 25.3. The van der Waals surface area contributed by atoms with Gasteiger partial charge in [0.2, 0.25) is 0 Å². The van der Waals surface area contributed by atoms with E-state index in [4.69, 9.17) is 9.97 Å². The van der Waals surface area contributed by atoms with Gasteiger partial charge in [0.25, 0.3) is 0 Å². The molecule has 0 saturated heterocycles. The van der Waals surface area contributed by atoms with E-state index in [9.17, 15) is 0 Å². The molecule has 47 heavy (non-hydrogen) atoms. The van der Waals surface area contributed by atoms with Crippen molar-refractivity contribution in [1.82, 2.24) is 19.9 Å². The molecule has 0 amide bonds. The van der Waals surface area contributed by atoms with Gasteiger partial charge >= 0.3 is 0 Å². The van der Waals surface area contributed by atoms with E-state index >= 15 is 0 Å². The topological polar surface area (TPSA) is 57.4 Å². The third kappa shape index (κ3) is 5.03.